The second-order valence-electron chi connectivity index (χ2n) is 4.97. The maximum atomic E-state index is 12.1. The summed E-state index contributed by atoms with van der Waals surface area (Å²) in [5.74, 6) is 0.427. The molecule has 0 unspecified atom stereocenters. The lowest BCUT2D eigenvalue weighted by Crippen LogP contribution is -2.34. The third kappa shape index (κ3) is 3.16. The molecular formula is C16H16N2O4. The second-order valence-corrected chi connectivity index (χ2v) is 4.97. The SMILES string of the molecule is O=C1C=CCCCN1C(=O)C=Cc1cnc2c(c1)OCCO2. The van der Waals surface area contributed by atoms with Gasteiger partial charge in [0.05, 0.1) is 0 Å². The van der Waals surface area contributed by atoms with Crippen molar-refractivity contribution in [2.45, 2.75) is 12.8 Å². The topological polar surface area (TPSA) is 68.7 Å². The lowest BCUT2D eigenvalue weighted by molar-refractivity contribution is -0.138. The van der Waals surface area contributed by atoms with E-state index in [1.807, 2.05) is 0 Å². The Morgan fingerprint density at radius 2 is 2.18 bits per heavy atom. The first-order valence-corrected chi connectivity index (χ1v) is 7.20. The number of nitrogens with zero attached hydrogens (tertiary/aromatic N) is 2. The van der Waals surface area contributed by atoms with Crippen LogP contribution in [0.3, 0.4) is 0 Å². The molecule has 3 rings (SSSR count). The molecule has 0 N–H and O–H groups in total. The van der Waals surface area contributed by atoms with Crippen LogP contribution in [0.1, 0.15) is 18.4 Å². The second kappa shape index (κ2) is 6.43. The fourth-order valence-corrected chi connectivity index (χ4v) is 2.27. The van der Waals surface area contributed by atoms with Gasteiger partial charge in [-0.05, 0) is 36.6 Å². The van der Waals surface area contributed by atoms with Crippen molar-refractivity contribution in [3.8, 4) is 11.6 Å². The van der Waals surface area contributed by atoms with Crippen LogP contribution in [-0.4, -0.2) is 41.5 Å². The molecule has 6 nitrogen and oxygen atoms in total. The summed E-state index contributed by atoms with van der Waals surface area (Å²) in [6, 6.07) is 1.76. The van der Waals surface area contributed by atoms with Gasteiger partial charge in [0, 0.05) is 18.8 Å². The van der Waals surface area contributed by atoms with E-state index in [0.29, 0.717) is 31.4 Å². The maximum absolute atomic E-state index is 12.1. The van der Waals surface area contributed by atoms with Gasteiger partial charge in [-0.15, -0.1) is 0 Å². The highest BCUT2D eigenvalue weighted by molar-refractivity contribution is 6.06. The number of allylic oxidation sites excluding steroid dienone is 1. The van der Waals surface area contributed by atoms with Gasteiger partial charge in [-0.25, -0.2) is 4.98 Å². The lowest BCUT2D eigenvalue weighted by Gasteiger charge is -2.17. The van der Waals surface area contributed by atoms with Crippen LogP contribution in [0.2, 0.25) is 0 Å². The summed E-state index contributed by atoms with van der Waals surface area (Å²) in [5, 5.41) is 0. The minimum Gasteiger partial charge on any atom is -0.484 e. The molecule has 0 spiro atoms. The number of rotatable bonds is 2. The van der Waals surface area contributed by atoms with Crippen molar-refractivity contribution in [3.05, 3.63) is 36.1 Å². The average Bonchev–Trinajstić information content (AvgIpc) is 2.77. The van der Waals surface area contributed by atoms with E-state index in [1.54, 1.807) is 24.4 Å². The van der Waals surface area contributed by atoms with Crippen LogP contribution in [-0.2, 0) is 9.59 Å². The monoisotopic (exact) mass is 300 g/mol. The van der Waals surface area contributed by atoms with Gasteiger partial charge in [0.15, 0.2) is 5.75 Å². The third-order valence-electron chi connectivity index (χ3n) is 3.38. The summed E-state index contributed by atoms with van der Waals surface area (Å²) in [4.78, 5) is 29.3. The van der Waals surface area contributed by atoms with Crippen LogP contribution in [0.4, 0.5) is 0 Å². The van der Waals surface area contributed by atoms with E-state index >= 15 is 0 Å². The molecule has 0 fully saturated rings. The Morgan fingerprint density at radius 3 is 3.09 bits per heavy atom. The largest absolute Gasteiger partial charge is 0.484 e. The van der Waals surface area contributed by atoms with Gasteiger partial charge in [-0.2, -0.15) is 0 Å². The number of fused-ring (bicyclic) bond motifs is 1. The minimum atomic E-state index is -0.327. The van der Waals surface area contributed by atoms with Gasteiger partial charge in [-0.1, -0.05) is 6.08 Å². The Balaban J connectivity index is 1.72. The number of imide groups is 1. The zero-order chi connectivity index (χ0) is 15.4. The number of amides is 2. The van der Waals surface area contributed by atoms with E-state index < -0.39 is 0 Å². The first-order valence-electron chi connectivity index (χ1n) is 7.20. The lowest BCUT2D eigenvalue weighted by atomic mass is 10.2. The van der Waals surface area contributed by atoms with E-state index in [-0.39, 0.29) is 11.8 Å². The maximum Gasteiger partial charge on any atom is 0.257 e. The smallest absolute Gasteiger partial charge is 0.257 e. The fraction of sp³-hybridized carbons (Fsp3) is 0.312. The van der Waals surface area contributed by atoms with Crippen molar-refractivity contribution in [2.24, 2.45) is 0 Å². The van der Waals surface area contributed by atoms with Gasteiger partial charge in [-0.3, -0.25) is 14.5 Å². The van der Waals surface area contributed by atoms with E-state index in [1.165, 1.54) is 17.1 Å². The molecule has 0 saturated carbocycles. The van der Waals surface area contributed by atoms with Gasteiger partial charge in [0.25, 0.3) is 17.7 Å². The normalized spacial score (nSPS) is 17.6. The van der Waals surface area contributed by atoms with Crippen LogP contribution in [0.25, 0.3) is 6.08 Å². The standard InChI is InChI=1S/C16H16N2O4/c19-14-4-2-1-3-7-18(14)15(20)6-5-12-10-13-16(17-11-12)22-9-8-21-13/h2,4-6,10-11H,1,3,7-9H2. The van der Waals surface area contributed by atoms with Crippen LogP contribution in [0, 0.1) is 0 Å². The van der Waals surface area contributed by atoms with Crippen LogP contribution < -0.4 is 9.47 Å². The molecular weight excluding hydrogens is 284 g/mol. The third-order valence-corrected chi connectivity index (χ3v) is 3.38. The first-order chi connectivity index (χ1) is 10.7. The van der Waals surface area contributed by atoms with Crippen molar-refractivity contribution in [3.63, 3.8) is 0 Å². The fourth-order valence-electron chi connectivity index (χ4n) is 2.27. The van der Waals surface area contributed by atoms with Crippen molar-refractivity contribution >= 4 is 17.9 Å². The molecule has 0 aliphatic carbocycles. The number of hydrogen-bond donors (Lipinski definition) is 0. The number of hydrogen-bond acceptors (Lipinski definition) is 5. The Hall–Kier alpha value is -2.63. The number of carbonyl (C=O) groups excluding carboxylic acids is 2. The summed E-state index contributed by atoms with van der Waals surface area (Å²) >= 11 is 0. The summed E-state index contributed by atoms with van der Waals surface area (Å²) in [5.41, 5.74) is 0.718. The quantitative estimate of drug-likeness (QED) is 0.776. The number of carbonyl (C=O) groups is 2. The van der Waals surface area contributed by atoms with Crippen LogP contribution >= 0.6 is 0 Å². The molecule has 0 radical (unpaired) electrons. The van der Waals surface area contributed by atoms with Crippen LogP contribution in [0.15, 0.2) is 30.5 Å². The molecule has 0 bridgehead atoms. The summed E-state index contributed by atoms with van der Waals surface area (Å²) in [6.07, 6.45) is 9.44. The van der Waals surface area contributed by atoms with Gasteiger partial charge in [0.1, 0.15) is 13.2 Å². The number of aromatic nitrogens is 1. The molecule has 2 aliphatic rings. The Kier molecular flexibility index (Phi) is 4.18. The molecule has 22 heavy (non-hydrogen) atoms. The van der Waals surface area contributed by atoms with Crippen molar-refractivity contribution < 1.29 is 19.1 Å². The van der Waals surface area contributed by atoms with E-state index in [0.717, 1.165) is 18.4 Å². The Morgan fingerprint density at radius 1 is 1.32 bits per heavy atom. The van der Waals surface area contributed by atoms with Crippen LogP contribution in [0.5, 0.6) is 11.6 Å². The Labute approximate surface area is 128 Å². The predicted molar refractivity (Wildman–Crippen MR) is 79.4 cm³/mol. The van der Waals surface area contributed by atoms with Gasteiger partial charge in [0.2, 0.25) is 0 Å². The van der Waals surface area contributed by atoms with E-state index in [2.05, 4.69) is 4.98 Å². The molecule has 1 aromatic heterocycles. The van der Waals surface area contributed by atoms with Crippen molar-refractivity contribution in [1.29, 1.82) is 0 Å². The van der Waals surface area contributed by atoms with Gasteiger partial charge >= 0.3 is 0 Å². The van der Waals surface area contributed by atoms with Crippen molar-refractivity contribution in [2.75, 3.05) is 19.8 Å². The van der Waals surface area contributed by atoms with E-state index in [4.69, 9.17) is 9.47 Å². The summed E-state index contributed by atoms with van der Waals surface area (Å²) < 4.78 is 10.8. The molecule has 2 amide bonds. The Bertz CT molecular complexity index is 652. The molecule has 2 aliphatic heterocycles. The first kappa shape index (κ1) is 14.3. The predicted octanol–water partition coefficient (Wildman–Crippen LogP) is 1.57. The molecule has 1 aromatic rings. The molecule has 0 aromatic carbocycles. The highest BCUT2D eigenvalue weighted by atomic mass is 16.6. The molecule has 3 heterocycles. The molecule has 6 heteroatoms. The number of pyridine rings is 1. The van der Waals surface area contributed by atoms with Crippen molar-refractivity contribution in [1.82, 2.24) is 9.88 Å². The van der Waals surface area contributed by atoms with E-state index in [9.17, 15) is 9.59 Å². The molecule has 0 saturated heterocycles. The molecule has 114 valence electrons. The zero-order valence-electron chi connectivity index (χ0n) is 12.0. The average molecular weight is 300 g/mol. The van der Waals surface area contributed by atoms with Gasteiger partial charge < -0.3 is 9.47 Å². The highest BCUT2D eigenvalue weighted by Crippen LogP contribution is 2.28. The number of ether oxygens (including phenoxy) is 2. The highest BCUT2D eigenvalue weighted by Gasteiger charge is 2.18. The summed E-state index contributed by atoms with van der Waals surface area (Å²) in [7, 11) is 0. The molecule has 0 atom stereocenters. The minimum absolute atomic E-state index is 0.271. The summed E-state index contributed by atoms with van der Waals surface area (Å²) in [6.45, 7) is 1.40. The zero-order valence-corrected chi connectivity index (χ0v) is 12.0.